The molecule has 0 aromatic rings. The second kappa shape index (κ2) is 2.42. The Morgan fingerprint density at radius 3 is 2.44 bits per heavy atom. The third-order valence-electron chi connectivity index (χ3n) is 1.48. The topological polar surface area (TPSA) is 9.23 Å². The van der Waals surface area contributed by atoms with Crippen molar-refractivity contribution < 1.29 is 13.0 Å². The maximum Gasteiger partial charge on any atom is 0.248 e. The number of alkyl halides is 2. The predicted molar refractivity (Wildman–Crippen MR) is 32.6 cm³/mol. The fraction of sp³-hybridized carbons (Fsp3) is 1.00. The minimum Gasteiger partial charge on any atom is -0.318 e. The molecule has 0 amide bonds. The second-order valence-electron chi connectivity index (χ2n) is 2.43. The quantitative estimate of drug-likeness (QED) is 0.472. The van der Waals surface area contributed by atoms with Crippen LogP contribution in [0.2, 0.25) is 0 Å². The molecule has 0 radical (unpaired) electrons. The van der Waals surface area contributed by atoms with Crippen LogP contribution in [0.15, 0.2) is 0 Å². The zero-order chi connectivity index (χ0) is 6.91. The molecular formula is C5H8F2OS. The summed E-state index contributed by atoms with van der Waals surface area (Å²) in [4.78, 5) is 0. The molecular weight excluding hydrogens is 146 g/mol. The van der Waals surface area contributed by atoms with E-state index in [-0.39, 0.29) is 18.8 Å². The molecule has 0 unspecified atom stereocenters. The summed E-state index contributed by atoms with van der Waals surface area (Å²) in [6.45, 7) is 0.346. The number of hydrogen-bond donors (Lipinski definition) is 1. The molecule has 4 heteroatoms. The molecule has 0 heterocycles. The lowest BCUT2D eigenvalue weighted by Gasteiger charge is -2.33. The average Bonchev–Trinajstić information content (AvgIpc) is 1.62. The van der Waals surface area contributed by atoms with Gasteiger partial charge in [0, 0.05) is 12.8 Å². The normalized spacial score (nSPS) is 25.7. The molecule has 0 N–H and O–H groups in total. The van der Waals surface area contributed by atoms with Crippen molar-refractivity contribution in [3.63, 3.8) is 0 Å². The minimum atomic E-state index is -2.42. The molecule has 0 aliphatic heterocycles. The molecule has 0 saturated heterocycles. The van der Waals surface area contributed by atoms with Crippen molar-refractivity contribution in [1.82, 2.24) is 0 Å². The second-order valence-corrected chi connectivity index (χ2v) is 2.68. The summed E-state index contributed by atoms with van der Waals surface area (Å²) < 4.78 is 28.5. The molecule has 0 bridgehead atoms. The summed E-state index contributed by atoms with van der Waals surface area (Å²) in [5, 5.41) is 0. The van der Waals surface area contributed by atoms with Crippen LogP contribution in [0.3, 0.4) is 0 Å². The molecule has 54 valence electrons. The maximum atomic E-state index is 12.0. The molecule has 0 spiro atoms. The van der Waals surface area contributed by atoms with Crippen LogP contribution < -0.4 is 0 Å². The molecule has 1 saturated carbocycles. The zero-order valence-corrected chi connectivity index (χ0v) is 5.70. The first-order chi connectivity index (χ1) is 4.14. The van der Waals surface area contributed by atoms with E-state index in [2.05, 4.69) is 17.1 Å². The van der Waals surface area contributed by atoms with E-state index in [1.165, 1.54) is 0 Å². The Labute approximate surface area is 58.0 Å². The van der Waals surface area contributed by atoms with Crippen molar-refractivity contribution in [2.45, 2.75) is 18.8 Å². The molecule has 1 rings (SSSR count). The zero-order valence-electron chi connectivity index (χ0n) is 4.81. The van der Waals surface area contributed by atoms with E-state index in [0.29, 0.717) is 6.61 Å². The highest BCUT2D eigenvalue weighted by atomic mass is 32.1. The van der Waals surface area contributed by atoms with Gasteiger partial charge in [0.25, 0.3) is 0 Å². The molecule has 1 aliphatic carbocycles. The Morgan fingerprint density at radius 1 is 1.56 bits per heavy atom. The van der Waals surface area contributed by atoms with Gasteiger partial charge in [0.2, 0.25) is 5.92 Å². The Hall–Kier alpha value is 0.170. The first-order valence-electron chi connectivity index (χ1n) is 2.78. The highest BCUT2D eigenvalue weighted by Crippen LogP contribution is 2.42. The summed E-state index contributed by atoms with van der Waals surface area (Å²) in [7, 11) is 0. The van der Waals surface area contributed by atoms with Crippen LogP contribution in [-0.2, 0) is 4.18 Å². The Kier molecular flexibility index (Phi) is 1.96. The average molecular weight is 154 g/mol. The Bertz CT molecular complexity index is 99.1. The number of halogens is 2. The van der Waals surface area contributed by atoms with Gasteiger partial charge in [0.1, 0.15) is 0 Å². The van der Waals surface area contributed by atoms with Crippen molar-refractivity contribution in [1.29, 1.82) is 0 Å². The third kappa shape index (κ3) is 1.79. The molecule has 1 nitrogen and oxygen atoms in total. The molecule has 0 aromatic carbocycles. The van der Waals surface area contributed by atoms with Gasteiger partial charge in [-0.1, -0.05) is 0 Å². The third-order valence-corrected chi connectivity index (χ3v) is 1.63. The van der Waals surface area contributed by atoms with E-state index >= 15 is 0 Å². The molecule has 0 aromatic heterocycles. The van der Waals surface area contributed by atoms with E-state index in [1.54, 1.807) is 0 Å². The summed E-state index contributed by atoms with van der Waals surface area (Å²) >= 11 is 3.46. The molecule has 1 fully saturated rings. The van der Waals surface area contributed by atoms with E-state index in [9.17, 15) is 8.78 Å². The van der Waals surface area contributed by atoms with Crippen LogP contribution >= 0.6 is 12.9 Å². The minimum absolute atomic E-state index is 0.0255. The Morgan fingerprint density at radius 2 is 2.11 bits per heavy atom. The van der Waals surface area contributed by atoms with Gasteiger partial charge in [-0.25, -0.2) is 8.78 Å². The standard InChI is InChI=1S/C5H8F2OS/c6-5(7)1-4(2-5)3-8-9/h4,9H,1-3H2. The van der Waals surface area contributed by atoms with Crippen molar-refractivity contribution in [3.8, 4) is 0 Å². The van der Waals surface area contributed by atoms with Crippen molar-refractivity contribution in [2.75, 3.05) is 6.61 Å². The lowest BCUT2D eigenvalue weighted by atomic mass is 9.82. The van der Waals surface area contributed by atoms with Gasteiger partial charge in [-0.15, -0.1) is 0 Å². The molecule has 1 aliphatic rings. The summed E-state index contributed by atoms with van der Waals surface area (Å²) in [6.07, 6.45) is -0.0683. The fourth-order valence-electron chi connectivity index (χ4n) is 1.01. The van der Waals surface area contributed by atoms with Crippen LogP contribution in [0.5, 0.6) is 0 Å². The first kappa shape index (κ1) is 7.28. The monoisotopic (exact) mass is 154 g/mol. The van der Waals surface area contributed by atoms with Crippen LogP contribution in [0, 0.1) is 5.92 Å². The first-order valence-corrected chi connectivity index (χ1v) is 3.15. The van der Waals surface area contributed by atoms with E-state index in [0.717, 1.165) is 0 Å². The van der Waals surface area contributed by atoms with Gasteiger partial charge < -0.3 is 4.18 Å². The van der Waals surface area contributed by atoms with Gasteiger partial charge in [-0.05, 0) is 18.8 Å². The predicted octanol–water partition coefficient (Wildman–Crippen LogP) is 1.89. The van der Waals surface area contributed by atoms with Gasteiger partial charge >= 0.3 is 0 Å². The number of hydrogen-bond acceptors (Lipinski definition) is 2. The summed E-state index contributed by atoms with van der Waals surface area (Å²) in [5.74, 6) is -2.39. The highest BCUT2D eigenvalue weighted by molar-refractivity contribution is 7.75. The van der Waals surface area contributed by atoms with Gasteiger partial charge in [0.05, 0.1) is 6.61 Å². The fourth-order valence-corrected chi connectivity index (χ4v) is 1.22. The van der Waals surface area contributed by atoms with Crippen molar-refractivity contribution in [2.24, 2.45) is 5.92 Å². The van der Waals surface area contributed by atoms with Gasteiger partial charge in [-0.3, -0.25) is 0 Å². The lowest BCUT2D eigenvalue weighted by molar-refractivity contribution is -0.117. The van der Waals surface area contributed by atoms with Crippen molar-refractivity contribution >= 4 is 12.9 Å². The van der Waals surface area contributed by atoms with E-state index in [4.69, 9.17) is 0 Å². The maximum absolute atomic E-state index is 12.0. The lowest BCUT2D eigenvalue weighted by Crippen LogP contribution is -2.37. The number of thiol groups is 1. The summed E-state index contributed by atoms with van der Waals surface area (Å²) in [6, 6.07) is 0. The van der Waals surface area contributed by atoms with Crippen LogP contribution in [-0.4, -0.2) is 12.5 Å². The largest absolute Gasteiger partial charge is 0.318 e. The molecule has 0 atom stereocenters. The smallest absolute Gasteiger partial charge is 0.248 e. The number of rotatable bonds is 2. The van der Waals surface area contributed by atoms with E-state index < -0.39 is 5.92 Å². The molecule has 9 heavy (non-hydrogen) atoms. The van der Waals surface area contributed by atoms with Crippen LogP contribution in [0.4, 0.5) is 8.78 Å². The van der Waals surface area contributed by atoms with Crippen LogP contribution in [0.25, 0.3) is 0 Å². The van der Waals surface area contributed by atoms with E-state index in [1.807, 2.05) is 0 Å². The SMILES string of the molecule is FC1(F)CC(COS)C1. The van der Waals surface area contributed by atoms with Crippen LogP contribution in [0.1, 0.15) is 12.8 Å². The Balaban J connectivity index is 2.12. The van der Waals surface area contributed by atoms with Gasteiger partial charge in [0.15, 0.2) is 0 Å². The summed E-state index contributed by atoms with van der Waals surface area (Å²) in [5.41, 5.74) is 0. The van der Waals surface area contributed by atoms with Crippen molar-refractivity contribution in [3.05, 3.63) is 0 Å². The van der Waals surface area contributed by atoms with Gasteiger partial charge in [-0.2, -0.15) is 0 Å². The highest BCUT2D eigenvalue weighted by Gasteiger charge is 2.44.